The van der Waals surface area contributed by atoms with Crippen molar-refractivity contribution in [3.05, 3.63) is 98.7 Å². The highest BCUT2D eigenvalue weighted by molar-refractivity contribution is 7.10. The van der Waals surface area contributed by atoms with E-state index in [0.29, 0.717) is 31.1 Å². The Hall–Kier alpha value is -2.93. The number of hydrogen-bond donors (Lipinski definition) is 0. The Bertz CT molecular complexity index is 1160. The summed E-state index contributed by atoms with van der Waals surface area (Å²) in [5, 5.41) is 2.74. The first-order valence-corrected chi connectivity index (χ1v) is 12.9. The number of thiophene rings is 1. The minimum atomic E-state index is -0.189. The number of halogens is 1. The molecule has 5 nitrogen and oxygen atoms in total. The molecule has 7 heteroatoms. The van der Waals surface area contributed by atoms with Crippen molar-refractivity contribution in [2.24, 2.45) is 0 Å². The number of amides is 2. The highest BCUT2D eigenvalue weighted by Gasteiger charge is 2.33. The summed E-state index contributed by atoms with van der Waals surface area (Å²) >= 11 is 7.85. The van der Waals surface area contributed by atoms with Crippen LogP contribution in [0.1, 0.15) is 34.0 Å². The number of ether oxygens (including phenoxy) is 1. The van der Waals surface area contributed by atoms with E-state index in [1.54, 1.807) is 35.5 Å². The highest BCUT2D eigenvalue weighted by atomic mass is 35.5. The average molecular weight is 509 g/mol. The van der Waals surface area contributed by atoms with Gasteiger partial charge in [-0.1, -0.05) is 54.1 Å². The molecule has 182 valence electrons. The molecular formula is C28H29ClN2O3S. The van der Waals surface area contributed by atoms with Crippen molar-refractivity contribution in [1.29, 1.82) is 0 Å². The molecular weight excluding hydrogens is 480 g/mol. The Morgan fingerprint density at radius 3 is 2.66 bits per heavy atom. The van der Waals surface area contributed by atoms with Gasteiger partial charge in [0, 0.05) is 42.8 Å². The smallest absolute Gasteiger partial charge is 0.247 e. The van der Waals surface area contributed by atoms with Crippen LogP contribution >= 0.6 is 22.9 Å². The first kappa shape index (κ1) is 25.2. The van der Waals surface area contributed by atoms with E-state index in [4.69, 9.17) is 16.3 Å². The molecule has 0 saturated heterocycles. The standard InChI is InChI=1S/C28H29ClN2O3S/c1-34-18-5-16-30(26(32)13-8-21-6-3-2-4-7-21)20-27(33)31-17-14-25-24(15-19-35-25)28(31)22-9-11-23(29)12-10-22/h2-4,6-13,15,19,28H,5,14,16-18,20H2,1H3/b13-8+. The number of carbonyl (C=O) groups excluding carboxylic acids is 2. The number of rotatable bonds is 9. The maximum absolute atomic E-state index is 13.7. The van der Waals surface area contributed by atoms with E-state index in [0.717, 1.165) is 23.1 Å². The van der Waals surface area contributed by atoms with Gasteiger partial charge in [0.05, 0.1) is 6.04 Å². The maximum Gasteiger partial charge on any atom is 0.247 e. The number of fused-ring (bicyclic) bond motifs is 1. The lowest BCUT2D eigenvalue weighted by Gasteiger charge is -2.37. The zero-order chi connectivity index (χ0) is 24.6. The lowest BCUT2D eigenvalue weighted by molar-refractivity contribution is -0.139. The Morgan fingerprint density at radius 2 is 1.91 bits per heavy atom. The van der Waals surface area contributed by atoms with Crippen molar-refractivity contribution in [3.63, 3.8) is 0 Å². The lowest BCUT2D eigenvalue weighted by atomic mass is 9.93. The van der Waals surface area contributed by atoms with E-state index in [1.165, 1.54) is 4.88 Å². The molecule has 0 radical (unpaired) electrons. The van der Waals surface area contributed by atoms with Crippen LogP contribution in [0.25, 0.3) is 6.08 Å². The van der Waals surface area contributed by atoms with Crippen LogP contribution in [0.3, 0.4) is 0 Å². The Kier molecular flexibility index (Phi) is 8.74. The minimum Gasteiger partial charge on any atom is -0.385 e. The molecule has 2 aromatic carbocycles. The molecule has 0 spiro atoms. The summed E-state index contributed by atoms with van der Waals surface area (Å²) in [6.07, 6.45) is 4.79. The molecule has 2 heterocycles. The second-order valence-corrected chi connectivity index (χ2v) is 9.88. The van der Waals surface area contributed by atoms with Gasteiger partial charge in [-0.15, -0.1) is 11.3 Å². The lowest BCUT2D eigenvalue weighted by Crippen LogP contribution is -2.46. The SMILES string of the molecule is COCCCN(CC(=O)N1CCc2sccc2C1c1ccc(Cl)cc1)C(=O)/C=C/c1ccccc1. The molecule has 0 N–H and O–H groups in total. The maximum atomic E-state index is 13.7. The third-order valence-corrected chi connectivity index (χ3v) is 7.35. The van der Waals surface area contributed by atoms with Crippen LogP contribution in [-0.4, -0.2) is 55.0 Å². The second-order valence-electron chi connectivity index (χ2n) is 8.44. The predicted octanol–water partition coefficient (Wildman–Crippen LogP) is 5.45. The number of methoxy groups -OCH3 is 1. The molecule has 2 amide bonds. The zero-order valence-electron chi connectivity index (χ0n) is 19.7. The van der Waals surface area contributed by atoms with Crippen LogP contribution in [-0.2, 0) is 20.7 Å². The van der Waals surface area contributed by atoms with Gasteiger partial charge >= 0.3 is 0 Å². The molecule has 1 aliphatic rings. The molecule has 0 saturated carbocycles. The fourth-order valence-electron chi connectivity index (χ4n) is 4.35. The van der Waals surface area contributed by atoms with E-state index < -0.39 is 0 Å². The van der Waals surface area contributed by atoms with Crippen molar-refractivity contribution < 1.29 is 14.3 Å². The van der Waals surface area contributed by atoms with Crippen LogP contribution in [0, 0.1) is 0 Å². The zero-order valence-corrected chi connectivity index (χ0v) is 21.3. The molecule has 35 heavy (non-hydrogen) atoms. The number of hydrogen-bond acceptors (Lipinski definition) is 4. The van der Waals surface area contributed by atoms with Crippen LogP contribution in [0.4, 0.5) is 0 Å². The highest BCUT2D eigenvalue weighted by Crippen LogP contribution is 2.38. The van der Waals surface area contributed by atoms with Gasteiger partial charge in [-0.2, -0.15) is 0 Å². The summed E-state index contributed by atoms with van der Waals surface area (Å²) in [5.41, 5.74) is 3.11. The van der Waals surface area contributed by atoms with Gasteiger partial charge in [-0.3, -0.25) is 9.59 Å². The van der Waals surface area contributed by atoms with Crippen LogP contribution in [0.2, 0.25) is 5.02 Å². The van der Waals surface area contributed by atoms with Crippen molar-refractivity contribution in [1.82, 2.24) is 9.80 Å². The monoisotopic (exact) mass is 508 g/mol. The molecule has 1 aliphatic heterocycles. The van der Waals surface area contributed by atoms with Gasteiger partial charge < -0.3 is 14.5 Å². The molecule has 1 aromatic heterocycles. The molecule has 0 fully saturated rings. The summed E-state index contributed by atoms with van der Waals surface area (Å²) in [6, 6.07) is 19.2. The van der Waals surface area contributed by atoms with E-state index in [-0.39, 0.29) is 24.4 Å². The Morgan fingerprint density at radius 1 is 1.14 bits per heavy atom. The van der Waals surface area contributed by atoms with Crippen molar-refractivity contribution >= 4 is 40.8 Å². The summed E-state index contributed by atoms with van der Waals surface area (Å²) < 4.78 is 5.18. The normalized spacial score (nSPS) is 15.3. The van der Waals surface area contributed by atoms with E-state index in [9.17, 15) is 9.59 Å². The first-order chi connectivity index (χ1) is 17.1. The molecule has 4 rings (SSSR count). The summed E-state index contributed by atoms with van der Waals surface area (Å²) in [6.45, 7) is 1.60. The summed E-state index contributed by atoms with van der Waals surface area (Å²) in [4.78, 5) is 31.6. The topological polar surface area (TPSA) is 49.9 Å². The van der Waals surface area contributed by atoms with Gasteiger partial charge in [0.1, 0.15) is 6.54 Å². The van der Waals surface area contributed by atoms with Gasteiger partial charge in [-0.25, -0.2) is 0 Å². The molecule has 1 atom stereocenters. The van der Waals surface area contributed by atoms with Gasteiger partial charge in [0.25, 0.3) is 0 Å². The van der Waals surface area contributed by atoms with Gasteiger partial charge in [0.2, 0.25) is 11.8 Å². The molecule has 3 aromatic rings. The van der Waals surface area contributed by atoms with Gasteiger partial charge in [0.15, 0.2) is 0 Å². The van der Waals surface area contributed by atoms with Crippen molar-refractivity contribution in [2.45, 2.75) is 18.9 Å². The quantitative estimate of drug-likeness (QED) is 0.285. The molecule has 0 bridgehead atoms. The van der Waals surface area contributed by atoms with E-state index in [2.05, 4.69) is 11.4 Å². The van der Waals surface area contributed by atoms with Crippen LogP contribution in [0.5, 0.6) is 0 Å². The van der Waals surface area contributed by atoms with Gasteiger partial charge in [-0.05, 0) is 59.2 Å². The predicted molar refractivity (Wildman–Crippen MR) is 142 cm³/mol. The fourth-order valence-corrected chi connectivity index (χ4v) is 5.38. The summed E-state index contributed by atoms with van der Waals surface area (Å²) in [5.74, 6) is -0.254. The molecule has 0 aliphatic carbocycles. The number of carbonyl (C=O) groups is 2. The summed E-state index contributed by atoms with van der Waals surface area (Å²) in [7, 11) is 1.63. The molecule has 1 unspecified atom stereocenters. The Labute approximate surface area is 215 Å². The van der Waals surface area contributed by atoms with Crippen molar-refractivity contribution in [3.8, 4) is 0 Å². The minimum absolute atomic E-state index is 0.0191. The number of nitrogens with zero attached hydrogens (tertiary/aromatic N) is 2. The third-order valence-electron chi connectivity index (χ3n) is 6.10. The third kappa shape index (κ3) is 6.40. The van der Waals surface area contributed by atoms with Crippen LogP contribution in [0.15, 0.2) is 72.1 Å². The Balaban J connectivity index is 1.55. The average Bonchev–Trinajstić information content (AvgIpc) is 3.36. The fraction of sp³-hybridized carbons (Fsp3) is 0.286. The van der Waals surface area contributed by atoms with E-state index in [1.807, 2.05) is 59.5 Å². The largest absolute Gasteiger partial charge is 0.385 e. The van der Waals surface area contributed by atoms with Crippen molar-refractivity contribution in [2.75, 3.05) is 33.4 Å². The number of benzene rings is 2. The first-order valence-electron chi connectivity index (χ1n) is 11.7. The van der Waals surface area contributed by atoms with Crippen LogP contribution < -0.4 is 0 Å². The van der Waals surface area contributed by atoms with E-state index >= 15 is 0 Å². The second kappa shape index (κ2) is 12.2.